The molecule has 0 aliphatic heterocycles. The number of ether oxygens (including phenoxy) is 1. The minimum absolute atomic E-state index is 0.667. The van der Waals surface area contributed by atoms with E-state index in [2.05, 4.69) is 4.99 Å². The highest BCUT2D eigenvalue weighted by Crippen LogP contribution is 2.12. The molecule has 1 rings (SSSR count). The zero-order valence-electron chi connectivity index (χ0n) is 8.66. The number of amidine groups is 1. The molecule has 1 aromatic rings. The molecule has 0 amide bonds. The van der Waals surface area contributed by atoms with Crippen LogP contribution < -0.4 is 10.5 Å². The molecular weight excluding hydrogens is 176 g/mol. The predicted octanol–water partition coefficient (Wildman–Crippen LogP) is 1.61. The molecule has 3 nitrogen and oxygen atoms in total. The molecular formula is C11H16N2O. The maximum atomic E-state index is 5.72. The van der Waals surface area contributed by atoms with Crippen LogP contribution in [0.25, 0.3) is 0 Å². The summed E-state index contributed by atoms with van der Waals surface area (Å²) >= 11 is 0. The van der Waals surface area contributed by atoms with E-state index in [1.54, 1.807) is 7.11 Å². The quantitative estimate of drug-likeness (QED) is 0.582. The van der Waals surface area contributed by atoms with Gasteiger partial charge < -0.3 is 10.5 Å². The number of hydrogen-bond donors (Lipinski definition) is 1. The van der Waals surface area contributed by atoms with Crippen molar-refractivity contribution in [1.82, 2.24) is 0 Å². The van der Waals surface area contributed by atoms with Crippen LogP contribution in [0.5, 0.6) is 5.75 Å². The second kappa shape index (κ2) is 5.27. The minimum atomic E-state index is 0.667. The lowest BCUT2D eigenvalue weighted by Crippen LogP contribution is -2.15. The van der Waals surface area contributed by atoms with Gasteiger partial charge in [-0.1, -0.05) is 12.1 Å². The van der Waals surface area contributed by atoms with E-state index in [1.807, 2.05) is 31.2 Å². The number of aliphatic imine (C=N–C) groups is 1. The molecule has 0 aromatic heterocycles. The summed E-state index contributed by atoms with van der Waals surface area (Å²) in [5, 5.41) is 0. The molecule has 0 bridgehead atoms. The van der Waals surface area contributed by atoms with E-state index < -0.39 is 0 Å². The minimum Gasteiger partial charge on any atom is -0.497 e. The van der Waals surface area contributed by atoms with Crippen molar-refractivity contribution in [2.24, 2.45) is 10.7 Å². The summed E-state index contributed by atoms with van der Waals surface area (Å²) in [6, 6.07) is 7.85. The van der Waals surface area contributed by atoms with Gasteiger partial charge in [-0.15, -0.1) is 0 Å². The van der Waals surface area contributed by atoms with Crippen LogP contribution in [0.4, 0.5) is 0 Å². The Morgan fingerprint density at radius 1 is 1.50 bits per heavy atom. The van der Waals surface area contributed by atoms with Gasteiger partial charge >= 0.3 is 0 Å². The molecule has 2 N–H and O–H groups in total. The number of benzene rings is 1. The second-order valence-electron chi connectivity index (χ2n) is 2.99. The van der Waals surface area contributed by atoms with Gasteiger partial charge in [0.05, 0.1) is 12.9 Å². The van der Waals surface area contributed by atoms with Gasteiger partial charge in [0.1, 0.15) is 5.75 Å². The van der Waals surface area contributed by atoms with Crippen LogP contribution in [0.1, 0.15) is 12.5 Å². The first kappa shape index (κ1) is 10.6. The summed E-state index contributed by atoms with van der Waals surface area (Å²) in [6.45, 7) is 2.70. The summed E-state index contributed by atoms with van der Waals surface area (Å²) in [7, 11) is 1.66. The topological polar surface area (TPSA) is 47.6 Å². The lowest BCUT2D eigenvalue weighted by molar-refractivity contribution is 0.414. The fourth-order valence-corrected chi connectivity index (χ4v) is 1.25. The maximum absolute atomic E-state index is 5.72. The van der Waals surface area contributed by atoms with Crippen molar-refractivity contribution in [3.05, 3.63) is 29.8 Å². The van der Waals surface area contributed by atoms with Gasteiger partial charge in [-0.2, -0.15) is 0 Å². The molecule has 0 heterocycles. The highest BCUT2D eigenvalue weighted by molar-refractivity contribution is 5.82. The van der Waals surface area contributed by atoms with Gasteiger partial charge in [-0.3, -0.25) is 4.99 Å². The monoisotopic (exact) mass is 192 g/mol. The van der Waals surface area contributed by atoms with Crippen molar-refractivity contribution in [3.63, 3.8) is 0 Å². The van der Waals surface area contributed by atoms with Crippen LogP contribution >= 0.6 is 0 Å². The third-order valence-electron chi connectivity index (χ3n) is 1.88. The fourth-order valence-electron chi connectivity index (χ4n) is 1.25. The Balaban J connectivity index is 2.71. The summed E-state index contributed by atoms with van der Waals surface area (Å²) < 4.78 is 5.12. The number of nitrogens with zero attached hydrogens (tertiary/aromatic N) is 1. The Morgan fingerprint density at radius 2 is 2.29 bits per heavy atom. The zero-order chi connectivity index (χ0) is 10.4. The van der Waals surface area contributed by atoms with Crippen molar-refractivity contribution < 1.29 is 4.74 Å². The summed E-state index contributed by atoms with van der Waals surface area (Å²) in [5.41, 5.74) is 6.84. The van der Waals surface area contributed by atoms with E-state index in [9.17, 15) is 0 Å². The van der Waals surface area contributed by atoms with Crippen LogP contribution in [0, 0.1) is 0 Å². The molecule has 0 aliphatic carbocycles. The predicted molar refractivity (Wildman–Crippen MR) is 58.9 cm³/mol. The lowest BCUT2D eigenvalue weighted by Gasteiger charge is -2.03. The van der Waals surface area contributed by atoms with Crippen LogP contribution in [0.3, 0.4) is 0 Å². The summed E-state index contributed by atoms with van der Waals surface area (Å²) in [6.07, 6.45) is 0.686. The Morgan fingerprint density at radius 3 is 2.93 bits per heavy atom. The zero-order valence-corrected chi connectivity index (χ0v) is 8.66. The molecule has 0 saturated carbocycles. The number of nitrogens with two attached hydrogens (primary N) is 1. The molecule has 0 spiro atoms. The SMILES string of the molecule is CCN=C(N)Cc1cccc(OC)c1. The molecule has 0 fully saturated rings. The summed E-state index contributed by atoms with van der Waals surface area (Å²) in [5.74, 6) is 1.52. The molecule has 0 radical (unpaired) electrons. The Hall–Kier alpha value is -1.51. The van der Waals surface area contributed by atoms with Gasteiger partial charge in [0.2, 0.25) is 0 Å². The largest absolute Gasteiger partial charge is 0.497 e. The van der Waals surface area contributed by atoms with E-state index in [0.717, 1.165) is 17.9 Å². The molecule has 3 heteroatoms. The van der Waals surface area contributed by atoms with Crippen molar-refractivity contribution in [3.8, 4) is 5.75 Å². The third kappa shape index (κ3) is 3.09. The first-order chi connectivity index (χ1) is 6.76. The Labute approximate surface area is 84.6 Å². The van der Waals surface area contributed by atoms with Crippen molar-refractivity contribution in [2.75, 3.05) is 13.7 Å². The van der Waals surface area contributed by atoms with Crippen molar-refractivity contribution >= 4 is 5.84 Å². The molecule has 0 unspecified atom stereocenters. The highest BCUT2D eigenvalue weighted by atomic mass is 16.5. The fraction of sp³-hybridized carbons (Fsp3) is 0.364. The first-order valence-corrected chi connectivity index (χ1v) is 4.68. The first-order valence-electron chi connectivity index (χ1n) is 4.68. The van der Waals surface area contributed by atoms with E-state index in [4.69, 9.17) is 10.5 Å². The van der Waals surface area contributed by atoms with Crippen LogP contribution in [0.2, 0.25) is 0 Å². The normalized spacial score (nSPS) is 11.4. The molecule has 0 saturated heterocycles. The van der Waals surface area contributed by atoms with Crippen LogP contribution in [-0.2, 0) is 6.42 Å². The van der Waals surface area contributed by atoms with Gasteiger partial charge in [0.25, 0.3) is 0 Å². The maximum Gasteiger partial charge on any atom is 0.119 e. The van der Waals surface area contributed by atoms with Crippen molar-refractivity contribution in [1.29, 1.82) is 0 Å². The molecule has 76 valence electrons. The van der Waals surface area contributed by atoms with E-state index >= 15 is 0 Å². The summed E-state index contributed by atoms with van der Waals surface area (Å²) in [4.78, 5) is 4.13. The molecule has 14 heavy (non-hydrogen) atoms. The van der Waals surface area contributed by atoms with Gasteiger partial charge in [-0.25, -0.2) is 0 Å². The lowest BCUT2D eigenvalue weighted by atomic mass is 10.1. The van der Waals surface area contributed by atoms with E-state index in [0.29, 0.717) is 12.3 Å². The van der Waals surface area contributed by atoms with E-state index in [1.165, 1.54) is 0 Å². The number of hydrogen-bond acceptors (Lipinski definition) is 2. The number of methoxy groups -OCH3 is 1. The molecule has 1 aromatic carbocycles. The standard InChI is InChI=1S/C11H16N2O/c1-3-13-11(12)8-9-5-4-6-10(7-9)14-2/h4-7H,3,8H2,1-2H3,(H2,12,13). The van der Waals surface area contributed by atoms with Crippen LogP contribution in [-0.4, -0.2) is 19.5 Å². The van der Waals surface area contributed by atoms with Gasteiger partial charge in [0.15, 0.2) is 0 Å². The van der Waals surface area contributed by atoms with Crippen LogP contribution in [0.15, 0.2) is 29.3 Å². The third-order valence-corrected chi connectivity index (χ3v) is 1.88. The molecule has 0 aliphatic rings. The average Bonchev–Trinajstić information content (AvgIpc) is 2.18. The smallest absolute Gasteiger partial charge is 0.119 e. The van der Waals surface area contributed by atoms with E-state index in [-0.39, 0.29) is 0 Å². The Bertz CT molecular complexity index is 321. The molecule has 0 atom stereocenters. The average molecular weight is 192 g/mol. The highest BCUT2D eigenvalue weighted by Gasteiger charge is 1.98. The van der Waals surface area contributed by atoms with Crippen molar-refractivity contribution in [2.45, 2.75) is 13.3 Å². The van der Waals surface area contributed by atoms with Gasteiger partial charge in [0, 0.05) is 13.0 Å². The second-order valence-corrected chi connectivity index (χ2v) is 2.99. The van der Waals surface area contributed by atoms with Gasteiger partial charge in [-0.05, 0) is 24.6 Å². The Kier molecular flexibility index (Phi) is 3.98. The number of rotatable bonds is 4.